The minimum Gasteiger partial charge on any atom is -0.354 e. The van der Waals surface area contributed by atoms with Gasteiger partial charge in [0, 0.05) is 24.6 Å². The molecule has 1 aliphatic heterocycles. The van der Waals surface area contributed by atoms with Crippen LogP contribution in [0.3, 0.4) is 0 Å². The maximum atomic E-state index is 14.2. The lowest BCUT2D eigenvalue weighted by Gasteiger charge is -2.17. The Bertz CT molecular complexity index is 779. The summed E-state index contributed by atoms with van der Waals surface area (Å²) in [5.41, 5.74) is 1.07. The van der Waals surface area contributed by atoms with Crippen LogP contribution in [0.1, 0.15) is 0 Å². The van der Waals surface area contributed by atoms with Crippen LogP contribution in [0.15, 0.2) is 36.9 Å². The third-order valence-electron chi connectivity index (χ3n) is 3.44. The van der Waals surface area contributed by atoms with Crippen molar-refractivity contribution in [3.8, 4) is 5.69 Å². The van der Waals surface area contributed by atoms with Crippen LogP contribution >= 0.6 is 0 Å². The molecule has 0 saturated carbocycles. The molecule has 0 N–H and O–H groups in total. The third-order valence-corrected chi connectivity index (χ3v) is 4.00. The number of hydrogen-bond donors (Lipinski definition) is 0. The molecular formula is C14H16FN3O4S. The summed E-state index contributed by atoms with van der Waals surface area (Å²) in [6, 6.07) is 4.85. The fourth-order valence-corrected chi connectivity index (χ4v) is 2.73. The Morgan fingerprint density at radius 1 is 1.48 bits per heavy atom. The van der Waals surface area contributed by atoms with Crippen molar-refractivity contribution >= 4 is 15.8 Å². The highest BCUT2D eigenvalue weighted by molar-refractivity contribution is 7.85. The molecule has 7 nitrogen and oxygen atoms in total. The highest BCUT2D eigenvalue weighted by Gasteiger charge is 2.25. The Labute approximate surface area is 133 Å². The van der Waals surface area contributed by atoms with Crippen LogP contribution in [0.4, 0.5) is 10.1 Å². The van der Waals surface area contributed by atoms with E-state index in [1.807, 2.05) is 4.90 Å². The van der Waals surface area contributed by atoms with Crippen molar-refractivity contribution in [2.45, 2.75) is 6.10 Å². The topological polar surface area (TPSA) is 73.7 Å². The van der Waals surface area contributed by atoms with Crippen LogP contribution in [0.5, 0.6) is 0 Å². The van der Waals surface area contributed by atoms with Gasteiger partial charge in [-0.1, -0.05) is 0 Å². The summed E-state index contributed by atoms with van der Waals surface area (Å²) in [6.45, 7) is 0.631. The van der Waals surface area contributed by atoms with Crippen molar-refractivity contribution in [3.63, 3.8) is 0 Å². The van der Waals surface area contributed by atoms with Crippen molar-refractivity contribution in [1.29, 1.82) is 0 Å². The van der Waals surface area contributed by atoms with Gasteiger partial charge >= 0.3 is 0 Å². The molecule has 9 heteroatoms. The second kappa shape index (κ2) is 6.26. The van der Waals surface area contributed by atoms with Crippen LogP contribution in [0.25, 0.3) is 5.69 Å². The first-order chi connectivity index (χ1) is 10.9. The van der Waals surface area contributed by atoms with E-state index in [0.717, 1.165) is 6.26 Å². The molecule has 2 heterocycles. The number of anilines is 1. The van der Waals surface area contributed by atoms with E-state index in [1.165, 1.54) is 12.4 Å². The molecule has 124 valence electrons. The molecule has 0 amide bonds. The molecular weight excluding hydrogens is 325 g/mol. The van der Waals surface area contributed by atoms with E-state index in [-0.39, 0.29) is 25.3 Å². The normalized spacial score (nSPS) is 18.5. The fraction of sp³-hybridized carbons (Fsp3) is 0.357. The lowest BCUT2D eigenvalue weighted by molar-refractivity contribution is 0.0759. The maximum absolute atomic E-state index is 14.2. The van der Waals surface area contributed by atoms with E-state index in [1.54, 1.807) is 29.1 Å². The van der Waals surface area contributed by atoms with Gasteiger partial charge in [0.15, 0.2) is 0 Å². The Hall–Kier alpha value is -1.97. The zero-order chi connectivity index (χ0) is 16.4. The number of imidazole rings is 1. The average molecular weight is 341 g/mol. The molecule has 0 aliphatic carbocycles. The molecule has 1 aromatic carbocycles. The van der Waals surface area contributed by atoms with Gasteiger partial charge in [-0.25, -0.2) is 9.37 Å². The monoisotopic (exact) mass is 341 g/mol. The van der Waals surface area contributed by atoms with Gasteiger partial charge in [0.25, 0.3) is 10.1 Å². The van der Waals surface area contributed by atoms with Crippen LogP contribution in [-0.2, 0) is 19.0 Å². The first kappa shape index (κ1) is 15.9. The maximum Gasteiger partial charge on any atom is 0.264 e. The van der Waals surface area contributed by atoms with E-state index in [0.29, 0.717) is 17.9 Å². The van der Waals surface area contributed by atoms with Gasteiger partial charge in [-0.05, 0) is 18.2 Å². The fourth-order valence-electron chi connectivity index (χ4n) is 2.33. The Morgan fingerprint density at radius 3 is 2.96 bits per heavy atom. The lowest BCUT2D eigenvalue weighted by atomic mass is 10.2. The zero-order valence-electron chi connectivity index (χ0n) is 12.4. The molecule has 1 aromatic heterocycles. The highest BCUT2D eigenvalue weighted by atomic mass is 32.2. The molecule has 0 unspecified atom stereocenters. The highest BCUT2D eigenvalue weighted by Crippen LogP contribution is 2.24. The van der Waals surface area contributed by atoms with Gasteiger partial charge in [-0.3, -0.25) is 4.18 Å². The van der Waals surface area contributed by atoms with Crippen molar-refractivity contribution < 1.29 is 21.7 Å². The summed E-state index contributed by atoms with van der Waals surface area (Å²) >= 11 is 0. The SMILES string of the molecule is CS(=O)(=O)OC[C@H]1CN(c2ccc(-n3ccnc3)c(F)c2)CO1. The predicted octanol–water partition coefficient (Wildman–Crippen LogP) is 1.15. The number of hydrogen-bond acceptors (Lipinski definition) is 6. The molecule has 3 rings (SSSR count). The van der Waals surface area contributed by atoms with Gasteiger partial charge in [0.1, 0.15) is 18.7 Å². The second-order valence-electron chi connectivity index (χ2n) is 5.23. The van der Waals surface area contributed by atoms with Crippen molar-refractivity contribution in [1.82, 2.24) is 9.55 Å². The third kappa shape index (κ3) is 3.87. The largest absolute Gasteiger partial charge is 0.354 e. The van der Waals surface area contributed by atoms with E-state index >= 15 is 0 Å². The summed E-state index contributed by atoms with van der Waals surface area (Å²) in [5.74, 6) is -0.378. The quantitative estimate of drug-likeness (QED) is 0.760. The van der Waals surface area contributed by atoms with Gasteiger partial charge in [-0.2, -0.15) is 8.42 Å². The molecule has 23 heavy (non-hydrogen) atoms. The smallest absolute Gasteiger partial charge is 0.264 e. The van der Waals surface area contributed by atoms with Gasteiger partial charge in [0.2, 0.25) is 0 Å². The van der Waals surface area contributed by atoms with Crippen molar-refractivity contribution in [2.75, 3.05) is 31.0 Å². The molecule has 1 atom stereocenters. The molecule has 0 radical (unpaired) electrons. The molecule has 0 bridgehead atoms. The number of ether oxygens (including phenoxy) is 1. The Kier molecular flexibility index (Phi) is 4.33. The summed E-state index contributed by atoms with van der Waals surface area (Å²) in [5, 5.41) is 0. The zero-order valence-corrected chi connectivity index (χ0v) is 13.2. The first-order valence-corrected chi connectivity index (χ1v) is 8.73. The Morgan fingerprint density at radius 2 is 2.30 bits per heavy atom. The van der Waals surface area contributed by atoms with E-state index in [4.69, 9.17) is 8.92 Å². The van der Waals surface area contributed by atoms with E-state index in [2.05, 4.69) is 4.98 Å². The van der Waals surface area contributed by atoms with Crippen molar-refractivity contribution in [2.24, 2.45) is 0 Å². The molecule has 1 aliphatic rings. The van der Waals surface area contributed by atoms with E-state index in [9.17, 15) is 12.8 Å². The first-order valence-electron chi connectivity index (χ1n) is 6.91. The van der Waals surface area contributed by atoms with E-state index < -0.39 is 10.1 Å². The predicted molar refractivity (Wildman–Crippen MR) is 81.4 cm³/mol. The van der Waals surface area contributed by atoms with Gasteiger partial charge < -0.3 is 14.2 Å². The summed E-state index contributed by atoms with van der Waals surface area (Å²) < 4.78 is 48.0. The van der Waals surface area contributed by atoms with Crippen molar-refractivity contribution in [3.05, 3.63) is 42.7 Å². The number of rotatable bonds is 5. The molecule has 1 fully saturated rings. The molecule has 0 spiro atoms. The minimum absolute atomic E-state index is 0.0507. The van der Waals surface area contributed by atoms with Crippen LogP contribution in [0, 0.1) is 5.82 Å². The summed E-state index contributed by atoms with van der Waals surface area (Å²) in [4.78, 5) is 5.71. The standard InChI is InChI=1S/C14H16FN3O4S/c1-23(19,20)22-8-12-7-18(10-21-12)11-2-3-14(13(15)6-11)17-5-4-16-9-17/h2-6,9,12H,7-8,10H2,1H3/t12-/m1/s1. The number of halogens is 1. The summed E-state index contributed by atoms with van der Waals surface area (Å²) in [7, 11) is -3.50. The Balaban J connectivity index is 1.68. The van der Waals surface area contributed by atoms with Gasteiger partial charge in [-0.15, -0.1) is 0 Å². The van der Waals surface area contributed by atoms with Gasteiger partial charge in [0.05, 0.1) is 24.9 Å². The molecule has 2 aromatic rings. The number of aromatic nitrogens is 2. The average Bonchev–Trinajstić information content (AvgIpc) is 3.16. The van der Waals surface area contributed by atoms with Crippen LogP contribution < -0.4 is 4.90 Å². The lowest BCUT2D eigenvalue weighted by Crippen LogP contribution is -2.25. The van der Waals surface area contributed by atoms with Crippen LogP contribution in [-0.4, -0.2) is 50.2 Å². The minimum atomic E-state index is -3.50. The number of benzene rings is 1. The summed E-state index contributed by atoms with van der Waals surface area (Å²) in [6.07, 6.45) is 5.38. The van der Waals surface area contributed by atoms with Crippen LogP contribution in [0.2, 0.25) is 0 Å². The second-order valence-corrected chi connectivity index (χ2v) is 6.88. The molecule has 1 saturated heterocycles. The number of nitrogens with zero attached hydrogens (tertiary/aromatic N) is 3.